The third-order valence-electron chi connectivity index (χ3n) is 3.33. The topological polar surface area (TPSA) is 66.0 Å². The van der Waals surface area contributed by atoms with Gasteiger partial charge < -0.3 is 9.73 Å². The van der Waals surface area contributed by atoms with Crippen molar-refractivity contribution in [1.29, 1.82) is 5.26 Å². The zero-order valence-corrected chi connectivity index (χ0v) is 11.7. The number of furan rings is 1. The summed E-state index contributed by atoms with van der Waals surface area (Å²) in [6.07, 6.45) is 0. The van der Waals surface area contributed by atoms with Gasteiger partial charge in [0.15, 0.2) is 0 Å². The van der Waals surface area contributed by atoms with Gasteiger partial charge in [-0.2, -0.15) is 5.26 Å². The highest BCUT2D eigenvalue weighted by Crippen LogP contribution is 2.21. The molecule has 0 aliphatic rings. The van der Waals surface area contributed by atoms with E-state index in [-0.39, 0.29) is 5.91 Å². The Hall–Kier alpha value is -2.54. The second-order valence-electron chi connectivity index (χ2n) is 4.66. The van der Waals surface area contributed by atoms with Crippen molar-refractivity contribution in [3.8, 4) is 6.07 Å². The van der Waals surface area contributed by atoms with Gasteiger partial charge in [-0.15, -0.1) is 0 Å². The number of nitriles is 1. The molecule has 0 spiro atoms. The molecule has 1 heterocycles. The Morgan fingerprint density at radius 3 is 2.35 bits per heavy atom. The minimum atomic E-state index is -0.669. The van der Waals surface area contributed by atoms with Gasteiger partial charge in [0, 0.05) is 5.56 Å². The van der Waals surface area contributed by atoms with Crippen LogP contribution in [0.3, 0.4) is 0 Å². The number of rotatable bonds is 3. The minimum absolute atomic E-state index is 0.285. The summed E-state index contributed by atoms with van der Waals surface area (Å²) in [6, 6.07) is 10.6. The monoisotopic (exact) mass is 268 g/mol. The lowest BCUT2D eigenvalue weighted by atomic mass is 10.1. The number of carbonyl (C=O) groups excluding carboxylic acids is 1. The number of hydrogen-bond acceptors (Lipinski definition) is 3. The lowest BCUT2D eigenvalue weighted by molar-refractivity contribution is 0.0943. The van der Waals surface area contributed by atoms with Gasteiger partial charge in [-0.1, -0.05) is 30.3 Å². The first kappa shape index (κ1) is 13.9. The maximum Gasteiger partial charge on any atom is 0.256 e. The van der Waals surface area contributed by atoms with Crippen LogP contribution in [0.25, 0.3) is 0 Å². The van der Waals surface area contributed by atoms with Crippen LogP contribution in [0.5, 0.6) is 0 Å². The molecular formula is C16H16N2O2. The Labute approximate surface area is 118 Å². The number of nitrogens with one attached hydrogen (secondary N) is 1. The van der Waals surface area contributed by atoms with E-state index >= 15 is 0 Å². The predicted octanol–water partition coefficient (Wildman–Crippen LogP) is 3.20. The van der Waals surface area contributed by atoms with Crippen molar-refractivity contribution in [3.05, 3.63) is 58.5 Å². The highest BCUT2D eigenvalue weighted by atomic mass is 16.3. The SMILES string of the molecule is Cc1oc(C)c(C(=O)NC(C#N)c2ccccc2)c1C. The lowest BCUT2D eigenvalue weighted by Crippen LogP contribution is -2.28. The number of aryl methyl sites for hydroxylation is 2. The smallest absolute Gasteiger partial charge is 0.256 e. The number of benzene rings is 1. The third-order valence-corrected chi connectivity index (χ3v) is 3.33. The summed E-state index contributed by atoms with van der Waals surface area (Å²) >= 11 is 0. The zero-order valence-electron chi connectivity index (χ0n) is 11.7. The van der Waals surface area contributed by atoms with E-state index in [1.165, 1.54) is 0 Å². The first-order valence-electron chi connectivity index (χ1n) is 6.36. The van der Waals surface area contributed by atoms with E-state index in [9.17, 15) is 10.1 Å². The Morgan fingerprint density at radius 2 is 1.85 bits per heavy atom. The first-order chi connectivity index (χ1) is 9.54. The number of hydrogen-bond donors (Lipinski definition) is 1. The molecule has 1 unspecified atom stereocenters. The van der Waals surface area contributed by atoms with Crippen molar-refractivity contribution < 1.29 is 9.21 Å². The maximum atomic E-state index is 12.3. The van der Waals surface area contributed by atoms with Crippen molar-refractivity contribution in [2.75, 3.05) is 0 Å². The summed E-state index contributed by atoms with van der Waals surface area (Å²) in [4.78, 5) is 12.3. The predicted molar refractivity (Wildman–Crippen MR) is 75.2 cm³/mol. The zero-order chi connectivity index (χ0) is 14.7. The molecule has 0 aliphatic heterocycles. The summed E-state index contributed by atoms with van der Waals surface area (Å²) in [5.41, 5.74) is 2.09. The van der Waals surface area contributed by atoms with Crippen molar-refractivity contribution in [2.24, 2.45) is 0 Å². The fourth-order valence-corrected chi connectivity index (χ4v) is 2.17. The van der Waals surface area contributed by atoms with Gasteiger partial charge in [-0.05, 0) is 26.3 Å². The fourth-order valence-electron chi connectivity index (χ4n) is 2.17. The third kappa shape index (κ3) is 2.57. The molecule has 2 aromatic rings. The molecule has 0 saturated heterocycles. The van der Waals surface area contributed by atoms with Crippen LogP contribution in [0.2, 0.25) is 0 Å². The standard InChI is InChI=1S/C16H16N2O2/c1-10-11(2)20-12(3)15(10)16(19)18-14(9-17)13-7-5-4-6-8-13/h4-8,14H,1-3H3,(H,18,19). The van der Waals surface area contributed by atoms with Crippen molar-refractivity contribution in [2.45, 2.75) is 26.8 Å². The van der Waals surface area contributed by atoms with Gasteiger partial charge in [0.2, 0.25) is 0 Å². The van der Waals surface area contributed by atoms with Crippen molar-refractivity contribution in [1.82, 2.24) is 5.32 Å². The average molecular weight is 268 g/mol. The van der Waals surface area contributed by atoms with Crippen LogP contribution >= 0.6 is 0 Å². The van der Waals surface area contributed by atoms with Crippen LogP contribution in [0, 0.1) is 32.1 Å². The molecule has 0 aliphatic carbocycles. The normalized spacial score (nSPS) is 11.7. The summed E-state index contributed by atoms with van der Waals surface area (Å²) in [5, 5.41) is 12.0. The van der Waals surface area contributed by atoms with Crippen LogP contribution < -0.4 is 5.32 Å². The molecule has 0 saturated carbocycles. The molecule has 2 rings (SSSR count). The van der Waals surface area contributed by atoms with Crippen molar-refractivity contribution in [3.63, 3.8) is 0 Å². The summed E-state index contributed by atoms with van der Waals surface area (Å²) in [6.45, 7) is 5.40. The Kier molecular flexibility index (Phi) is 3.90. The van der Waals surface area contributed by atoms with Crippen molar-refractivity contribution >= 4 is 5.91 Å². The highest BCUT2D eigenvalue weighted by Gasteiger charge is 2.21. The van der Waals surface area contributed by atoms with E-state index in [4.69, 9.17) is 4.42 Å². The highest BCUT2D eigenvalue weighted by molar-refractivity contribution is 5.97. The van der Waals surface area contributed by atoms with Crippen LogP contribution in [0.15, 0.2) is 34.7 Å². The van der Waals surface area contributed by atoms with Crippen LogP contribution in [-0.4, -0.2) is 5.91 Å². The number of amides is 1. The van der Waals surface area contributed by atoms with Gasteiger partial charge in [0.1, 0.15) is 17.6 Å². The second kappa shape index (κ2) is 5.62. The molecule has 1 aromatic carbocycles. The molecule has 0 fully saturated rings. The Morgan fingerprint density at radius 1 is 1.20 bits per heavy atom. The van der Waals surface area contributed by atoms with E-state index in [2.05, 4.69) is 11.4 Å². The van der Waals surface area contributed by atoms with Crippen LogP contribution in [0.4, 0.5) is 0 Å². The molecule has 20 heavy (non-hydrogen) atoms. The van der Waals surface area contributed by atoms with Crippen LogP contribution in [0.1, 0.15) is 39.0 Å². The van der Waals surface area contributed by atoms with E-state index in [1.54, 1.807) is 6.92 Å². The van der Waals surface area contributed by atoms with Gasteiger partial charge in [-0.3, -0.25) is 4.79 Å². The molecular weight excluding hydrogens is 252 g/mol. The molecule has 4 heteroatoms. The molecule has 1 amide bonds. The second-order valence-corrected chi connectivity index (χ2v) is 4.66. The Balaban J connectivity index is 2.25. The largest absolute Gasteiger partial charge is 0.466 e. The molecule has 0 bridgehead atoms. The number of carbonyl (C=O) groups is 1. The molecule has 4 nitrogen and oxygen atoms in total. The molecule has 0 radical (unpaired) electrons. The van der Waals surface area contributed by atoms with E-state index < -0.39 is 6.04 Å². The molecule has 1 N–H and O–H groups in total. The van der Waals surface area contributed by atoms with E-state index in [0.717, 1.165) is 16.9 Å². The van der Waals surface area contributed by atoms with Gasteiger partial charge in [0.25, 0.3) is 5.91 Å². The van der Waals surface area contributed by atoms with E-state index in [1.807, 2.05) is 44.2 Å². The first-order valence-corrected chi connectivity index (χ1v) is 6.36. The van der Waals surface area contributed by atoms with Gasteiger partial charge in [0.05, 0.1) is 11.6 Å². The van der Waals surface area contributed by atoms with Gasteiger partial charge in [-0.25, -0.2) is 0 Å². The summed E-state index contributed by atoms with van der Waals surface area (Å²) in [5.74, 6) is 1.01. The molecule has 1 aromatic heterocycles. The quantitative estimate of drug-likeness (QED) is 0.929. The number of nitrogens with zero attached hydrogens (tertiary/aromatic N) is 1. The lowest BCUT2D eigenvalue weighted by Gasteiger charge is -2.12. The van der Waals surface area contributed by atoms with E-state index in [0.29, 0.717) is 11.3 Å². The summed E-state index contributed by atoms with van der Waals surface area (Å²) in [7, 11) is 0. The fraction of sp³-hybridized carbons (Fsp3) is 0.250. The van der Waals surface area contributed by atoms with Gasteiger partial charge >= 0.3 is 0 Å². The molecule has 102 valence electrons. The Bertz CT molecular complexity index is 666. The maximum absolute atomic E-state index is 12.3. The summed E-state index contributed by atoms with van der Waals surface area (Å²) < 4.78 is 5.44. The minimum Gasteiger partial charge on any atom is -0.466 e. The van der Waals surface area contributed by atoms with Crippen LogP contribution in [-0.2, 0) is 0 Å². The average Bonchev–Trinajstić information content (AvgIpc) is 2.70. The molecule has 1 atom stereocenters.